The quantitative estimate of drug-likeness (QED) is 0.831. The van der Waals surface area contributed by atoms with Crippen LogP contribution in [0.2, 0.25) is 0 Å². The third kappa shape index (κ3) is 4.61. The molecule has 0 aromatic heterocycles. The zero-order valence-electron chi connectivity index (χ0n) is 14.9. The molecule has 0 saturated carbocycles. The molecular weight excluding hydrogens is 388 g/mol. The maximum absolute atomic E-state index is 13.0. The van der Waals surface area contributed by atoms with Crippen LogP contribution in [0, 0.1) is 11.6 Å². The van der Waals surface area contributed by atoms with Gasteiger partial charge in [-0.2, -0.15) is 8.42 Å². The van der Waals surface area contributed by atoms with Gasteiger partial charge in [0.15, 0.2) is 0 Å². The van der Waals surface area contributed by atoms with Crippen LogP contribution in [0.25, 0.3) is 0 Å². The first kappa shape index (κ1) is 19.7. The van der Waals surface area contributed by atoms with Crippen LogP contribution < -0.4 is 5.32 Å². The Morgan fingerprint density at radius 2 is 1.54 bits per heavy atom. The third-order valence-electron chi connectivity index (χ3n) is 4.07. The van der Waals surface area contributed by atoms with E-state index in [-0.39, 0.29) is 30.2 Å². The highest BCUT2D eigenvalue weighted by atomic mass is 32.2. The maximum Gasteiger partial charge on any atom is 0.344 e. The molecule has 1 amide bonds. The topological polar surface area (TPSA) is 78.8 Å². The number of amides is 1. The highest BCUT2D eigenvalue weighted by Gasteiger charge is 2.28. The molecule has 28 heavy (non-hydrogen) atoms. The fourth-order valence-corrected chi connectivity index (χ4v) is 3.68. The van der Waals surface area contributed by atoms with Crippen molar-refractivity contribution in [2.45, 2.75) is 20.0 Å². The van der Waals surface area contributed by atoms with Crippen molar-refractivity contribution >= 4 is 21.8 Å². The summed E-state index contributed by atoms with van der Waals surface area (Å²) >= 11 is 0. The van der Waals surface area contributed by atoms with Gasteiger partial charge in [0, 0.05) is 12.7 Å². The van der Waals surface area contributed by atoms with Gasteiger partial charge in [-0.3, -0.25) is 9.10 Å². The number of carbonyl (C=O) groups excluding carboxylic acids is 1. The zero-order valence-corrected chi connectivity index (χ0v) is 15.7. The van der Waals surface area contributed by atoms with Gasteiger partial charge in [0.1, 0.15) is 11.6 Å². The predicted molar refractivity (Wildman–Crippen MR) is 100 cm³/mol. The van der Waals surface area contributed by atoms with Crippen molar-refractivity contribution in [3.05, 3.63) is 83.1 Å². The molecule has 3 rings (SSSR count). The summed E-state index contributed by atoms with van der Waals surface area (Å²) in [6.07, 6.45) is 1.21. The van der Waals surface area contributed by atoms with Gasteiger partial charge in [-0.05, 0) is 42.3 Å². The molecule has 1 heterocycles. The highest BCUT2D eigenvalue weighted by Crippen LogP contribution is 2.20. The Morgan fingerprint density at radius 3 is 2.11 bits per heavy atom. The van der Waals surface area contributed by atoms with Crippen LogP contribution in [0.4, 0.5) is 8.78 Å². The smallest absolute Gasteiger partial charge is 0.344 e. The Balaban J connectivity index is 1.77. The van der Waals surface area contributed by atoms with Crippen LogP contribution in [0.5, 0.6) is 0 Å². The van der Waals surface area contributed by atoms with Crippen LogP contribution >= 0.6 is 0 Å². The number of nitrogens with zero attached hydrogens (tertiary/aromatic N) is 2. The fourth-order valence-electron chi connectivity index (χ4n) is 2.58. The molecule has 1 N–H and O–H groups in total. The fraction of sp³-hybridized carbons (Fsp3) is 0.158. The molecular formula is C19H17F2N3O3S. The Kier molecular flexibility index (Phi) is 5.55. The van der Waals surface area contributed by atoms with E-state index in [4.69, 9.17) is 0 Å². The van der Waals surface area contributed by atoms with Gasteiger partial charge in [-0.15, -0.1) is 4.40 Å². The third-order valence-corrected chi connectivity index (χ3v) is 5.41. The number of rotatable bonds is 5. The average Bonchev–Trinajstić information content (AvgIpc) is 2.64. The van der Waals surface area contributed by atoms with Crippen molar-refractivity contribution in [3.63, 3.8) is 0 Å². The predicted octanol–water partition coefficient (Wildman–Crippen LogP) is 2.69. The molecule has 0 saturated heterocycles. The molecule has 0 bridgehead atoms. The van der Waals surface area contributed by atoms with Gasteiger partial charge in [0.2, 0.25) is 0 Å². The number of halogens is 2. The van der Waals surface area contributed by atoms with E-state index < -0.39 is 21.9 Å². The summed E-state index contributed by atoms with van der Waals surface area (Å²) in [5.41, 5.74) is 1.39. The summed E-state index contributed by atoms with van der Waals surface area (Å²) in [7, 11) is -3.99. The largest absolute Gasteiger partial charge is 0.348 e. The normalized spacial score (nSPS) is 15.6. The molecule has 2 aromatic carbocycles. The summed E-state index contributed by atoms with van der Waals surface area (Å²) in [4.78, 5) is 12.5. The summed E-state index contributed by atoms with van der Waals surface area (Å²) in [5, 5.41) is 2.66. The average molecular weight is 405 g/mol. The molecule has 2 aromatic rings. The van der Waals surface area contributed by atoms with Crippen LogP contribution in [0.3, 0.4) is 0 Å². The second-order valence-corrected chi connectivity index (χ2v) is 7.73. The molecule has 0 fully saturated rings. The van der Waals surface area contributed by atoms with Crippen LogP contribution in [0.1, 0.15) is 18.1 Å². The lowest BCUT2D eigenvalue weighted by Gasteiger charge is -2.23. The van der Waals surface area contributed by atoms with E-state index >= 15 is 0 Å². The van der Waals surface area contributed by atoms with Crippen LogP contribution in [0.15, 0.2) is 64.7 Å². The van der Waals surface area contributed by atoms with Gasteiger partial charge in [0.05, 0.1) is 17.8 Å². The minimum Gasteiger partial charge on any atom is -0.348 e. The van der Waals surface area contributed by atoms with E-state index in [0.29, 0.717) is 11.1 Å². The van der Waals surface area contributed by atoms with Crippen molar-refractivity contribution < 1.29 is 22.0 Å². The minimum absolute atomic E-state index is 0.0620. The van der Waals surface area contributed by atoms with Crippen molar-refractivity contribution in [3.8, 4) is 0 Å². The van der Waals surface area contributed by atoms with E-state index in [9.17, 15) is 22.0 Å². The standard InChI is InChI=1S/C19H17F2N3O3S/c1-13-18(19(25)22-10-14-2-6-16(20)7-3-14)12-24(28(26,27)23-13)11-15-4-8-17(21)9-5-15/h2-9,12H,10-11H2,1H3,(H,22,25). The molecule has 0 aliphatic carbocycles. The maximum atomic E-state index is 13.0. The minimum atomic E-state index is -3.99. The van der Waals surface area contributed by atoms with Gasteiger partial charge in [-0.1, -0.05) is 24.3 Å². The Bertz CT molecular complexity index is 1050. The Morgan fingerprint density at radius 1 is 1.00 bits per heavy atom. The second kappa shape index (κ2) is 7.89. The number of hydrogen-bond acceptors (Lipinski definition) is 3. The molecule has 6 nitrogen and oxygen atoms in total. The first-order valence-electron chi connectivity index (χ1n) is 8.32. The van der Waals surface area contributed by atoms with E-state index in [1.165, 1.54) is 61.7 Å². The Hall–Kier alpha value is -3.07. The zero-order chi connectivity index (χ0) is 20.3. The van der Waals surface area contributed by atoms with Crippen molar-refractivity contribution in [1.29, 1.82) is 0 Å². The van der Waals surface area contributed by atoms with Gasteiger partial charge in [0.25, 0.3) is 5.91 Å². The number of hydrogen-bond donors (Lipinski definition) is 1. The summed E-state index contributed by atoms with van der Waals surface area (Å²) in [5.74, 6) is -1.32. The van der Waals surface area contributed by atoms with E-state index in [0.717, 1.165) is 4.31 Å². The molecule has 9 heteroatoms. The van der Waals surface area contributed by atoms with Gasteiger partial charge < -0.3 is 5.32 Å². The molecule has 1 aliphatic heterocycles. The first-order chi connectivity index (χ1) is 13.2. The summed E-state index contributed by atoms with van der Waals surface area (Å²) in [6.45, 7) is 1.48. The van der Waals surface area contributed by atoms with Crippen molar-refractivity contribution in [2.24, 2.45) is 4.40 Å². The monoisotopic (exact) mass is 405 g/mol. The summed E-state index contributed by atoms with van der Waals surface area (Å²) in [6, 6.07) is 11.0. The molecule has 1 aliphatic rings. The lowest BCUT2D eigenvalue weighted by atomic mass is 10.1. The first-order valence-corrected chi connectivity index (χ1v) is 9.72. The lowest BCUT2D eigenvalue weighted by molar-refractivity contribution is -0.117. The van der Waals surface area contributed by atoms with Crippen LogP contribution in [-0.4, -0.2) is 24.3 Å². The SMILES string of the molecule is CC1=NS(=O)(=O)N(Cc2ccc(F)cc2)C=C1C(=O)NCc1ccc(F)cc1. The van der Waals surface area contributed by atoms with Crippen molar-refractivity contribution in [2.75, 3.05) is 0 Å². The molecule has 0 unspecified atom stereocenters. The van der Waals surface area contributed by atoms with Gasteiger partial charge in [-0.25, -0.2) is 8.78 Å². The van der Waals surface area contributed by atoms with E-state index in [1.54, 1.807) is 0 Å². The Labute approximate surface area is 161 Å². The molecule has 0 radical (unpaired) electrons. The summed E-state index contributed by atoms with van der Waals surface area (Å²) < 4.78 is 55.2. The molecule has 0 atom stereocenters. The molecule has 146 valence electrons. The van der Waals surface area contributed by atoms with Crippen LogP contribution in [-0.2, 0) is 28.1 Å². The van der Waals surface area contributed by atoms with E-state index in [1.807, 2.05) is 0 Å². The van der Waals surface area contributed by atoms with E-state index in [2.05, 4.69) is 9.71 Å². The second-order valence-electron chi connectivity index (χ2n) is 6.18. The van der Waals surface area contributed by atoms with Crippen molar-refractivity contribution in [1.82, 2.24) is 9.62 Å². The number of carbonyl (C=O) groups is 1. The lowest BCUT2D eigenvalue weighted by Crippen LogP contribution is -2.35. The van der Waals surface area contributed by atoms with Gasteiger partial charge >= 0.3 is 10.2 Å². The number of benzene rings is 2. The highest BCUT2D eigenvalue weighted by molar-refractivity contribution is 7.88. The number of nitrogens with one attached hydrogen (secondary N) is 1. The molecule has 0 spiro atoms.